The molecule has 0 aliphatic carbocycles. The molecule has 6 heteroatoms. The molecule has 2 heterocycles. The van der Waals surface area contributed by atoms with E-state index in [1.165, 1.54) is 11.8 Å². The summed E-state index contributed by atoms with van der Waals surface area (Å²) in [5.41, 5.74) is 2.23. The summed E-state index contributed by atoms with van der Waals surface area (Å²) in [6, 6.07) is 9.89. The van der Waals surface area contributed by atoms with Crippen LogP contribution >= 0.6 is 0 Å². The maximum Gasteiger partial charge on any atom is 0.271 e. The average molecular weight is 324 g/mol. The van der Waals surface area contributed by atoms with Crippen LogP contribution in [-0.4, -0.2) is 45.8 Å². The van der Waals surface area contributed by atoms with Gasteiger partial charge in [-0.25, -0.2) is 4.98 Å². The van der Waals surface area contributed by atoms with Gasteiger partial charge >= 0.3 is 0 Å². The molecular weight excluding hydrogens is 304 g/mol. The van der Waals surface area contributed by atoms with Gasteiger partial charge in [-0.2, -0.15) is 0 Å². The first-order valence-electron chi connectivity index (χ1n) is 8.03. The van der Waals surface area contributed by atoms with Crippen LogP contribution in [0.1, 0.15) is 28.2 Å². The molecule has 3 rings (SSSR count). The van der Waals surface area contributed by atoms with Gasteiger partial charge in [-0.15, -0.1) is 0 Å². The quantitative estimate of drug-likeness (QED) is 0.901. The lowest BCUT2D eigenvalue weighted by atomic mass is 10.1. The smallest absolute Gasteiger partial charge is 0.271 e. The molecule has 1 unspecified atom stereocenters. The van der Waals surface area contributed by atoms with E-state index in [-0.39, 0.29) is 23.6 Å². The molecule has 6 nitrogen and oxygen atoms in total. The molecule has 1 aliphatic rings. The molecule has 1 aromatic heterocycles. The SMILES string of the molecule is Cc1cnc(C(=O)NC2CC(=O)N(CCc3ccccc3)C2)cn1. The third-order valence-corrected chi connectivity index (χ3v) is 4.08. The molecule has 0 spiro atoms. The Labute approximate surface area is 140 Å². The lowest BCUT2D eigenvalue weighted by molar-refractivity contribution is -0.127. The Morgan fingerprint density at radius 3 is 2.75 bits per heavy atom. The Morgan fingerprint density at radius 2 is 2.04 bits per heavy atom. The van der Waals surface area contributed by atoms with E-state index in [9.17, 15) is 9.59 Å². The molecule has 1 aliphatic heterocycles. The largest absolute Gasteiger partial charge is 0.346 e. The highest BCUT2D eigenvalue weighted by atomic mass is 16.2. The topological polar surface area (TPSA) is 75.2 Å². The van der Waals surface area contributed by atoms with Gasteiger partial charge in [0.15, 0.2) is 0 Å². The van der Waals surface area contributed by atoms with Gasteiger partial charge in [0.1, 0.15) is 5.69 Å². The molecule has 0 bridgehead atoms. The van der Waals surface area contributed by atoms with Crippen LogP contribution in [0, 0.1) is 6.92 Å². The molecule has 24 heavy (non-hydrogen) atoms. The van der Waals surface area contributed by atoms with Gasteiger partial charge in [0.2, 0.25) is 5.91 Å². The molecule has 1 aromatic carbocycles. The van der Waals surface area contributed by atoms with E-state index >= 15 is 0 Å². The van der Waals surface area contributed by atoms with E-state index in [4.69, 9.17) is 0 Å². The van der Waals surface area contributed by atoms with E-state index in [2.05, 4.69) is 27.4 Å². The van der Waals surface area contributed by atoms with Gasteiger partial charge in [0.25, 0.3) is 5.91 Å². The van der Waals surface area contributed by atoms with Crippen molar-refractivity contribution in [1.82, 2.24) is 20.2 Å². The second-order valence-corrected chi connectivity index (χ2v) is 5.99. The fraction of sp³-hybridized carbons (Fsp3) is 0.333. The molecule has 2 amide bonds. The van der Waals surface area contributed by atoms with Crippen molar-refractivity contribution in [1.29, 1.82) is 0 Å². The zero-order chi connectivity index (χ0) is 16.9. The Bertz CT molecular complexity index is 716. The van der Waals surface area contributed by atoms with E-state index in [1.807, 2.05) is 25.1 Å². The predicted octanol–water partition coefficient (Wildman–Crippen LogP) is 1.36. The van der Waals surface area contributed by atoms with Gasteiger partial charge in [0.05, 0.1) is 17.9 Å². The van der Waals surface area contributed by atoms with Crippen molar-refractivity contribution in [2.75, 3.05) is 13.1 Å². The number of aryl methyl sites for hydroxylation is 1. The summed E-state index contributed by atoms with van der Waals surface area (Å²) in [6.07, 6.45) is 4.16. The van der Waals surface area contributed by atoms with Crippen LogP contribution in [-0.2, 0) is 11.2 Å². The van der Waals surface area contributed by atoms with Gasteiger partial charge in [-0.3, -0.25) is 14.6 Å². The zero-order valence-corrected chi connectivity index (χ0v) is 13.6. The summed E-state index contributed by atoms with van der Waals surface area (Å²) in [5.74, 6) is -0.212. The van der Waals surface area contributed by atoms with Crippen molar-refractivity contribution < 1.29 is 9.59 Å². The number of rotatable bonds is 5. The minimum Gasteiger partial charge on any atom is -0.346 e. The third-order valence-electron chi connectivity index (χ3n) is 4.08. The number of amides is 2. The summed E-state index contributed by atoms with van der Waals surface area (Å²) < 4.78 is 0. The van der Waals surface area contributed by atoms with Crippen LogP contribution < -0.4 is 5.32 Å². The number of likely N-dealkylation sites (tertiary alicyclic amines) is 1. The first kappa shape index (κ1) is 16.1. The van der Waals surface area contributed by atoms with Crippen LogP contribution in [0.5, 0.6) is 0 Å². The fourth-order valence-electron chi connectivity index (χ4n) is 2.76. The number of carbonyl (C=O) groups excluding carboxylic acids is 2. The van der Waals surface area contributed by atoms with E-state index in [0.29, 0.717) is 19.5 Å². The summed E-state index contributed by atoms with van der Waals surface area (Å²) in [4.78, 5) is 34.2. The summed E-state index contributed by atoms with van der Waals surface area (Å²) in [6.45, 7) is 3.02. The minimum absolute atomic E-state index is 0.0752. The van der Waals surface area contributed by atoms with Crippen molar-refractivity contribution in [3.05, 3.63) is 59.7 Å². The number of hydrogen-bond acceptors (Lipinski definition) is 4. The van der Waals surface area contributed by atoms with Crippen molar-refractivity contribution in [3.63, 3.8) is 0 Å². The van der Waals surface area contributed by atoms with Gasteiger partial charge in [-0.1, -0.05) is 30.3 Å². The van der Waals surface area contributed by atoms with Crippen LogP contribution in [0.2, 0.25) is 0 Å². The molecule has 2 aromatic rings. The van der Waals surface area contributed by atoms with Crippen molar-refractivity contribution in [2.24, 2.45) is 0 Å². The molecule has 1 fully saturated rings. The van der Waals surface area contributed by atoms with Crippen LogP contribution in [0.4, 0.5) is 0 Å². The van der Waals surface area contributed by atoms with Gasteiger partial charge < -0.3 is 10.2 Å². The first-order chi connectivity index (χ1) is 11.6. The molecule has 1 atom stereocenters. The molecule has 1 saturated heterocycles. The second kappa shape index (κ2) is 7.21. The number of hydrogen-bond donors (Lipinski definition) is 1. The number of nitrogens with zero attached hydrogens (tertiary/aromatic N) is 3. The molecule has 1 N–H and O–H groups in total. The third kappa shape index (κ3) is 3.95. The number of nitrogens with one attached hydrogen (secondary N) is 1. The lowest BCUT2D eigenvalue weighted by Crippen LogP contribution is -2.38. The van der Waals surface area contributed by atoms with Crippen LogP contribution in [0.25, 0.3) is 0 Å². The predicted molar refractivity (Wildman–Crippen MR) is 89.4 cm³/mol. The van der Waals surface area contributed by atoms with Crippen molar-refractivity contribution in [3.8, 4) is 0 Å². The van der Waals surface area contributed by atoms with Crippen molar-refractivity contribution in [2.45, 2.75) is 25.8 Å². The van der Waals surface area contributed by atoms with Gasteiger partial charge in [-0.05, 0) is 18.9 Å². The highest BCUT2D eigenvalue weighted by molar-refractivity contribution is 5.93. The Kier molecular flexibility index (Phi) is 4.84. The molecule has 124 valence electrons. The highest BCUT2D eigenvalue weighted by Gasteiger charge is 2.30. The molecular formula is C18H20N4O2. The molecule has 0 radical (unpaired) electrons. The van der Waals surface area contributed by atoms with E-state index in [0.717, 1.165) is 12.1 Å². The van der Waals surface area contributed by atoms with Crippen molar-refractivity contribution >= 4 is 11.8 Å². The van der Waals surface area contributed by atoms with E-state index in [1.54, 1.807) is 11.1 Å². The Balaban J connectivity index is 1.52. The summed E-state index contributed by atoms with van der Waals surface area (Å²) in [5, 5.41) is 2.87. The Morgan fingerprint density at radius 1 is 1.25 bits per heavy atom. The zero-order valence-electron chi connectivity index (χ0n) is 13.6. The van der Waals surface area contributed by atoms with E-state index < -0.39 is 0 Å². The maximum atomic E-state index is 12.2. The first-order valence-corrected chi connectivity index (χ1v) is 8.03. The monoisotopic (exact) mass is 324 g/mol. The van der Waals surface area contributed by atoms with Gasteiger partial charge in [0, 0.05) is 25.7 Å². The lowest BCUT2D eigenvalue weighted by Gasteiger charge is -2.17. The average Bonchev–Trinajstić information content (AvgIpc) is 2.94. The Hall–Kier alpha value is -2.76. The highest BCUT2D eigenvalue weighted by Crippen LogP contribution is 2.13. The second-order valence-electron chi connectivity index (χ2n) is 5.99. The standard InChI is InChI=1S/C18H20N4O2/c1-13-10-20-16(11-19-13)18(24)21-15-9-17(23)22(12-15)8-7-14-5-3-2-4-6-14/h2-6,10-11,15H,7-9,12H2,1H3,(H,21,24). The normalized spacial score (nSPS) is 17.1. The summed E-state index contributed by atoms with van der Waals surface area (Å²) in [7, 11) is 0. The number of benzene rings is 1. The number of aromatic nitrogens is 2. The fourth-order valence-corrected chi connectivity index (χ4v) is 2.76. The summed E-state index contributed by atoms with van der Waals surface area (Å²) >= 11 is 0. The van der Waals surface area contributed by atoms with Crippen LogP contribution in [0.15, 0.2) is 42.7 Å². The maximum absolute atomic E-state index is 12.2. The minimum atomic E-state index is -0.287. The van der Waals surface area contributed by atoms with Crippen LogP contribution in [0.3, 0.4) is 0 Å². The molecule has 0 saturated carbocycles. The number of carbonyl (C=O) groups is 2.